The zero-order valence-electron chi connectivity index (χ0n) is 9.40. The molecule has 2 aromatic rings. The van der Waals surface area contributed by atoms with Gasteiger partial charge in [0.1, 0.15) is 5.69 Å². The minimum Gasteiger partial charge on any atom is -0.287 e. The molecule has 0 aliphatic rings. The second-order valence-corrected chi connectivity index (χ2v) is 3.75. The molecule has 0 N–H and O–H groups in total. The Morgan fingerprint density at radius 2 is 1.89 bits per heavy atom. The number of aryl methyl sites for hydroxylation is 1. The van der Waals surface area contributed by atoms with Crippen LogP contribution in [0.15, 0.2) is 36.5 Å². The maximum atomic E-state index is 12.8. The smallest absolute Gasteiger partial charge is 0.287 e. The van der Waals surface area contributed by atoms with Crippen LogP contribution in [0.3, 0.4) is 0 Å². The summed E-state index contributed by atoms with van der Waals surface area (Å²) in [5.41, 5.74) is -1.33. The lowest BCUT2D eigenvalue weighted by Gasteiger charge is -2.10. The molecule has 1 heterocycles. The van der Waals surface area contributed by atoms with Gasteiger partial charge in [-0.1, -0.05) is 18.2 Å². The van der Waals surface area contributed by atoms with Gasteiger partial charge in [0, 0.05) is 18.8 Å². The highest BCUT2D eigenvalue weighted by atomic mass is 19.4. The first-order valence-electron chi connectivity index (χ1n) is 5.10. The monoisotopic (exact) mass is 254 g/mol. The van der Waals surface area contributed by atoms with Crippen LogP contribution in [-0.2, 0) is 13.2 Å². The second-order valence-electron chi connectivity index (χ2n) is 3.75. The fourth-order valence-electron chi connectivity index (χ4n) is 1.60. The molecule has 18 heavy (non-hydrogen) atoms. The van der Waals surface area contributed by atoms with Crippen molar-refractivity contribution in [3.63, 3.8) is 0 Å². The zero-order valence-corrected chi connectivity index (χ0v) is 9.40. The highest BCUT2D eigenvalue weighted by Gasteiger charge is 2.35. The summed E-state index contributed by atoms with van der Waals surface area (Å²) < 4.78 is 39.6. The highest BCUT2D eigenvalue weighted by molar-refractivity contribution is 6.08. The fourth-order valence-corrected chi connectivity index (χ4v) is 1.60. The standard InChI is InChI=1S/C12H9F3N2O/c1-17-7-6-10(16-17)11(18)8-4-2-3-5-9(8)12(13,14)15/h2-7H,1H3. The SMILES string of the molecule is Cn1ccc(C(=O)c2ccccc2C(F)(F)F)n1. The molecule has 0 aliphatic heterocycles. The van der Waals surface area contributed by atoms with Gasteiger partial charge in [0.05, 0.1) is 5.56 Å². The fraction of sp³-hybridized carbons (Fsp3) is 0.167. The minimum atomic E-state index is -4.55. The van der Waals surface area contributed by atoms with Crippen molar-refractivity contribution in [1.29, 1.82) is 0 Å². The summed E-state index contributed by atoms with van der Waals surface area (Å²) in [7, 11) is 1.59. The van der Waals surface area contributed by atoms with Crippen LogP contribution in [0.5, 0.6) is 0 Å². The molecule has 3 nitrogen and oxygen atoms in total. The average molecular weight is 254 g/mol. The van der Waals surface area contributed by atoms with E-state index in [4.69, 9.17) is 0 Å². The van der Waals surface area contributed by atoms with Crippen molar-refractivity contribution >= 4 is 5.78 Å². The first-order chi connectivity index (χ1) is 8.39. The van der Waals surface area contributed by atoms with E-state index in [0.29, 0.717) is 0 Å². The van der Waals surface area contributed by atoms with Gasteiger partial charge >= 0.3 is 6.18 Å². The number of rotatable bonds is 2. The Labute approximate surface area is 101 Å². The van der Waals surface area contributed by atoms with Gasteiger partial charge in [-0.05, 0) is 12.1 Å². The summed E-state index contributed by atoms with van der Waals surface area (Å²) in [6.07, 6.45) is -3.05. The van der Waals surface area contributed by atoms with E-state index >= 15 is 0 Å². The number of hydrogen-bond donors (Lipinski definition) is 0. The number of nitrogens with zero attached hydrogens (tertiary/aromatic N) is 2. The summed E-state index contributed by atoms with van der Waals surface area (Å²) >= 11 is 0. The maximum Gasteiger partial charge on any atom is 0.417 e. The van der Waals surface area contributed by atoms with E-state index in [0.717, 1.165) is 12.1 Å². The molecule has 1 aromatic heterocycles. The molecule has 94 valence electrons. The second kappa shape index (κ2) is 4.29. The number of aromatic nitrogens is 2. The molecule has 0 spiro atoms. The third kappa shape index (κ3) is 2.27. The van der Waals surface area contributed by atoms with E-state index in [-0.39, 0.29) is 11.3 Å². The van der Waals surface area contributed by atoms with Crippen molar-refractivity contribution in [2.45, 2.75) is 6.18 Å². The van der Waals surface area contributed by atoms with Gasteiger partial charge < -0.3 is 0 Å². The third-order valence-corrected chi connectivity index (χ3v) is 2.42. The van der Waals surface area contributed by atoms with Gasteiger partial charge in [0.2, 0.25) is 5.78 Å². The number of benzene rings is 1. The number of hydrogen-bond acceptors (Lipinski definition) is 2. The molecule has 0 aliphatic carbocycles. The van der Waals surface area contributed by atoms with Crippen molar-refractivity contribution in [3.8, 4) is 0 Å². The molecule has 0 saturated carbocycles. The number of carbonyl (C=O) groups is 1. The third-order valence-electron chi connectivity index (χ3n) is 2.42. The van der Waals surface area contributed by atoms with Crippen molar-refractivity contribution in [2.75, 3.05) is 0 Å². The van der Waals surface area contributed by atoms with E-state index in [1.807, 2.05) is 0 Å². The van der Waals surface area contributed by atoms with Gasteiger partial charge in [-0.2, -0.15) is 18.3 Å². The summed E-state index contributed by atoms with van der Waals surface area (Å²) in [4.78, 5) is 12.0. The van der Waals surface area contributed by atoms with Gasteiger partial charge in [-0.3, -0.25) is 9.48 Å². The lowest BCUT2D eigenvalue weighted by atomic mass is 10.0. The van der Waals surface area contributed by atoms with Gasteiger partial charge in [-0.25, -0.2) is 0 Å². The summed E-state index contributed by atoms with van der Waals surface area (Å²) in [6.45, 7) is 0. The Hall–Kier alpha value is -2.11. The molecule has 0 radical (unpaired) electrons. The predicted molar refractivity (Wildman–Crippen MR) is 58.1 cm³/mol. The van der Waals surface area contributed by atoms with Crippen molar-refractivity contribution in [1.82, 2.24) is 9.78 Å². The Balaban J connectivity index is 2.49. The van der Waals surface area contributed by atoms with E-state index in [1.165, 1.54) is 29.1 Å². The summed E-state index contributed by atoms with van der Waals surface area (Å²) in [6, 6.07) is 6.06. The minimum absolute atomic E-state index is 0.00537. The molecule has 0 amide bonds. The van der Waals surface area contributed by atoms with Crippen LogP contribution in [0, 0.1) is 0 Å². The normalized spacial score (nSPS) is 11.6. The van der Waals surface area contributed by atoms with Crippen LogP contribution in [0.4, 0.5) is 13.2 Å². The molecule has 0 atom stereocenters. The van der Waals surface area contributed by atoms with Crippen molar-refractivity contribution in [2.24, 2.45) is 7.05 Å². The molecule has 0 bridgehead atoms. The molecule has 0 unspecified atom stereocenters. The number of carbonyl (C=O) groups excluding carboxylic acids is 1. The van der Waals surface area contributed by atoms with Crippen LogP contribution in [0.1, 0.15) is 21.6 Å². The van der Waals surface area contributed by atoms with Gasteiger partial charge in [0.15, 0.2) is 0 Å². The Morgan fingerprint density at radius 3 is 2.44 bits per heavy atom. The Bertz CT molecular complexity index is 587. The molecule has 0 saturated heterocycles. The lowest BCUT2D eigenvalue weighted by molar-refractivity contribution is -0.137. The summed E-state index contributed by atoms with van der Waals surface area (Å²) in [5.74, 6) is -0.733. The number of halogens is 3. The zero-order chi connectivity index (χ0) is 13.3. The quantitative estimate of drug-likeness (QED) is 0.772. The molecule has 2 rings (SSSR count). The Kier molecular flexibility index (Phi) is 2.94. The van der Waals surface area contributed by atoms with Crippen LogP contribution in [0.2, 0.25) is 0 Å². The van der Waals surface area contributed by atoms with Crippen LogP contribution >= 0.6 is 0 Å². The lowest BCUT2D eigenvalue weighted by Crippen LogP contribution is -2.14. The van der Waals surface area contributed by atoms with E-state index in [9.17, 15) is 18.0 Å². The Morgan fingerprint density at radius 1 is 1.22 bits per heavy atom. The molecule has 1 aromatic carbocycles. The van der Waals surface area contributed by atoms with Gasteiger partial charge in [-0.15, -0.1) is 0 Å². The van der Waals surface area contributed by atoms with Crippen LogP contribution in [-0.4, -0.2) is 15.6 Å². The van der Waals surface area contributed by atoms with Crippen LogP contribution < -0.4 is 0 Å². The van der Waals surface area contributed by atoms with Gasteiger partial charge in [0.25, 0.3) is 0 Å². The van der Waals surface area contributed by atoms with E-state index in [2.05, 4.69) is 5.10 Å². The largest absolute Gasteiger partial charge is 0.417 e. The average Bonchev–Trinajstić information content (AvgIpc) is 2.74. The first-order valence-corrected chi connectivity index (χ1v) is 5.10. The highest BCUT2D eigenvalue weighted by Crippen LogP contribution is 2.32. The van der Waals surface area contributed by atoms with Crippen LogP contribution in [0.25, 0.3) is 0 Å². The number of ketones is 1. The summed E-state index contributed by atoms with van der Waals surface area (Å²) in [5, 5.41) is 3.81. The maximum absolute atomic E-state index is 12.8. The predicted octanol–water partition coefficient (Wildman–Crippen LogP) is 2.67. The van der Waals surface area contributed by atoms with E-state index < -0.39 is 17.5 Å². The van der Waals surface area contributed by atoms with E-state index in [1.54, 1.807) is 7.05 Å². The number of alkyl halides is 3. The topological polar surface area (TPSA) is 34.9 Å². The molecular formula is C12H9F3N2O. The molecular weight excluding hydrogens is 245 g/mol. The first kappa shape index (κ1) is 12.3. The molecule has 6 heteroatoms. The van der Waals surface area contributed by atoms with Crippen molar-refractivity contribution < 1.29 is 18.0 Å². The molecule has 0 fully saturated rings. The van der Waals surface area contributed by atoms with Crippen molar-refractivity contribution in [3.05, 3.63) is 53.3 Å².